The summed E-state index contributed by atoms with van der Waals surface area (Å²) in [5.74, 6) is -0.403. The topological polar surface area (TPSA) is 108 Å². The van der Waals surface area contributed by atoms with Crippen molar-refractivity contribution in [2.75, 3.05) is 6.54 Å². The van der Waals surface area contributed by atoms with E-state index in [1.807, 2.05) is 6.07 Å². The molecule has 2 rings (SSSR count). The molecule has 7 nitrogen and oxygen atoms in total. The van der Waals surface area contributed by atoms with Crippen LogP contribution in [-0.2, 0) is 16.6 Å². The highest BCUT2D eigenvalue weighted by Gasteiger charge is 2.14. The Morgan fingerprint density at radius 2 is 1.75 bits per heavy atom. The normalized spacial score (nSPS) is 11.1. The first-order chi connectivity index (χ1) is 13.3. The van der Waals surface area contributed by atoms with Crippen molar-refractivity contribution in [3.8, 4) is 11.8 Å². The van der Waals surface area contributed by atoms with E-state index in [-0.39, 0.29) is 35.7 Å². The van der Waals surface area contributed by atoms with Gasteiger partial charge in [-0.25, -0.2) is 13.1 Å². The molecule has 0 aliphatic rings. The van der Waals surface area contributed by atoms with Gasteiger partial charge in [0.25, 0.3) is 5.91 Å². The van der Waals surface area contributed by atoms with E-state index in [9.17, 15) is 22.0 Å². The highest BCUT2D eigenvalue weighted by Crippen LogP contribution is 2.15. The number of carbonyl (C=O) groups is 1. The molecule has 0 aliphatic heterocycles. The van der Waals surface area contributed by atoms with Crippen LogP contribution in [0.15, 0.2) is 53.4 Å². The Kier molecular flexibility index (Phi) is 7.43. The molecular formula is C18H17F2N3O4S. The van der Waals surface area contributed by atoms with Crippen LogP contribution in [0, 0.1) is 11.3 Å². The zero-order valence-corrected chi connectivity index (χ0v) is 15.4. The third kappa shape index (κ3) is 6.29. The van der Waals surface area contributed by atoms with Crippen molar-refractivity contribution in [2.24, 2.45) is 0 Å². The molecule has 0 fully saturated rings. The summed E-state index contributed by atoms with van der Waals surface area (Å²) in [6.45, 7) is -2.75. The molecule has 2 aromatic rings. The number of nitrogens with one attached hydrogen (secondary N) is 2. The molecule has 0 aliphatic carbocycles. The highest BCUT2D eigenvalue weighted by atomic mass is 32.2. The fraction of sp³-hybridized carbons (Fsp3) is 0.222. The molecular weight excluding hydrogens is 392 g/mol. The predicted molar refractivity (Wildman–Crippen MR) is 96.1 cm³/mol. The number of rotatable bonds is 9. The van der Waals surface area contributed by atoms with Gasteiger partial charge in [0.2, 0.25) is 10.0 Å². The van der Waals surface area contributed by atoms with E-state index in [0.29, 0.717) is 5.56 Å². The Balaban J connectivity index is 1.93. The van der Waals surface area contributed by atoms with Crippen molar-refractivity contribution in [3.05, 3.63) is 59.7 Å². The van der Waals surface area contributed by atoms with E-state index in [0.717, 1.165) is 0 Å². The van der Waals surface area contributed by atoms with Crippen LogP contribution in [0.4, 0.5) is 8.78 Å². The maximum atomic E-state index is 12.2. The summed E-state index contributed by atoms with van der Waals surface area (Å²) in [6, 6.07) is 13.0. The summed E-state index contributed by atoms with van der Waals surface area (Å²) in [4.78, 5) is 12.1. The van der Waals surface area contributed by atoms with Crippen LogP contribution in [-0.4, -0.2) is 27.5 Å². The minimum atomic E-state index is -3.74. The average molecular weight is 409 g/mol. The molecule has 0 atom stereocenters. The van der Waals surface area contributed by atoms with Crippen molar-refractivity contribution in [1.29, 1.82) is 5.26 Å². The van der Waals surface area contributed by atoms with Gasteiger partial charge in [0.05, 0.1) is 11.0 Å². The third-order valence-corrected chi connectivity index (χ3v) is 5.03. The monoisotopic (exact) mass is 409 g/mol. The van der Waals surface area contributed by atoms with E-state index in [2.05, 4.69) is 14.8 Å². The standard InChI is InChI=1S/C18H17F2N3O4S/c19-18(20)27-15-6-2-13(3-7-15)12-22-17(24)14-4-8-16(9-5-14)28(25,26)23-11-1-10-21/h2-9,18,23H,1,11-12H2,(H,22,24). The van der Waals surface area contributed by atoms with Gasteiger partial charge < -0.3 is 10.1 Å². The Hall–Kier alpha value is -3.03. The number of nitrogens with zero attached hydrogens (tertiary/aromatic N) is 1. The van der Waals surface area contributed by atoms with Crippen LogP contribution in [0.25, 0.3) is 0 Å². The summed E-state index contributed by atoms with van der Waals surface area (Å²) < 4.78 is 54.8. The van der Waals surface area contributed by atoms with Crippen LogP contribution in [0.3, 0.4) is 0 Å². The van der Waals surface area contributed by atoms with Gasteiger partial charge in [0, 0.05) is 25.1 Å². The van der Waals surface area contributed by atoms with Gasteiger partial charge in [-0.1, -0.05) is 12.1 Å². The van der Waals surface area contributed by atoms with Gasteiger partial charge in [-0.2, -0.15) is 14.0 Å². The lowest BCUT2D eigenvalue weighted by Crippen LogP contribution is -2.25. The van der Waals surface area contributed by atoms with Crippen molar-refractivity contribution >= 4 is 15.9 Å². The maximum Gasteiger partial charge on any atom is 0.387 e. The number of amides is 1. The van der Waals surface area contributed by atoms with Gasteiger partial charge in [0.1, 0.15) is 5.75 Å². The number of hydrogen-bond acceptors (Lipinski definition) is 5. The smallest absolute Gasteiger partial charge is 0.387 e. The third-order valence-electron chi connectivity index (χ3n) is 3.56. The van der Waals surface area contributed by atoms with E-state index < -0.39 is 22.5 Å². The van der Waals surface area contributed by atoms with Gasteiger partial charge >= 0.3 is 6.61 Å². The number of benzene rings is 2. The highest BCUT2D eigenvalue weighted by molar-refractivity contribution is 7.89. The van der Waals surface area contributed by atoms with Crippen LogP contribution in [0.1, 0.15) is 22.3 Å². The van der Waals surface area contributed by atoms with E-state index in [1.54, 1.807) is 12.1 Å². The van der Waals surface area contributed by atoms with Crippen LogP contribution in [0.2, 0.25) is 0 Å². The lowest BCUT2D eigenvalue weighted by Gasteiger charge is -2.09. The number of carbonyl (C=O) groups excluding carboxylic acids is 1. The SMILES string of the molecule is N#CCCNS(=O)(=O)c1ccc(C(=O)NCc2ccc(OC(F)F)cc2)cc1. The molecule has 0 heterocycles. The second kappa shape index (κ2) is 9.77. The van der Waals surface area contributed by atoms with Gasteiger partial charge in [-0.3, -0.25) is 4.79 Å². The lowest BCUT2D eigenvalue weighted by molar-refractivity contribution is -0.0498. The molecule has 0 saturated heterocycles. The van der Waals surface area contributed by atoms with Crippen molar-refractivity contribution < 1.29 is 26.7 Å². The summed E-state index contributed by atoms with van der Waals surface area (Å²) in [5.41, 5.74) is 0.935. The van der Waals surface area contributed by atoms with E-state index in [4.69, 9.17) is 5.26 Å². The maximum absolute atomic E-state index is 12.2. The second-order valence-corrected chi connectivity index (χ2v) is 7.30. The summed E-state index contributed by atoms with van der Waals surface area (Å²) in [7, 11) is -3.74. The zero-order valence-electron chi connectivity index (χ0n) is 14.6. The zero-order chi connectivity index (χ0) is 20.6. The Morgan fingerprint density at radius 1 is 1.11 bits per heavy atom. The summed E-state index contributed by atoms with van der Waals surface area (Å²) >= 11 is 0. The largest absolute Gasteiger partial charge is 0.435 e. The van der Waals surface area contributed by atoms with Gasteiger partial charge in [-0.05, 0) is 42.0 Å². The first-order valence-electron chi connectivity index (χ1n) is 8.10. The number of ether oxygens (including phenoxy) is 1. The Bertz CT molecular complexity index is 940. The van der Waals surface area contributed by atoms with Crippen molar-refractivity contribution in [2.45, 2.75) is 24.5 Å². The van der Waals surface area contributed by atoms with Gasteiger partial charge in [-0.15, -0.1) is 0 Å². The first-order valence-corrected chi connectivity index (χ1v) is 9.59. The Morgan fingerprint density at radius 3 is 2.32 bits per heavy atom. The molecule has 0 saturated carbocycles. The van der Waals surface area contributed by atoms with Gasteiger partial charge in [0.15, 0.2) is 0 Å². The van der Waals surface area contributed by atoms with Crippen LogP contribution >= 0.6 is 0 Å². The molecule has 28 heavy (non-hydrogen) atoms. The fourth-order valence-corrected chi connectivity index (χ4v) is 3.22. The molecule has 148 valence electrons. The number of halogens is 2. The molecule has 2 aromatic carbocycles. The minimum absolute atomic E-state index is 0.00220. The molecule has 1 amide bonds. The summed E-state index contributed by atoms with van der Waals surface area (Å²) in [5, 5.41) is 11.1. The molecule has 2 N–H and O–H groups in total. The minimum Gasteiger partial charge on any atom is -0.435 e. The number of hydrogen-bond donors (Lipinski definition) is 2. The quantitative estimate of drug-likeness (QED) is 0.619. The van der Waals surface area contributed by atoms with Crippen molar-refractivity contribution in [1.82, 2.24) is 10.0 Å². The average Bonchev–Trinajstić information content (AvgIpc) is 2.67. The molecule has 10 heteroatoms. The van der Waals surface area contributed by atoms with Crippen molar-refractivity contribution in [3.63, 3.8) is 0 Å². The number of alkyl halides is 2. The fourth-order valence-electron chi connectivity index (χ4n) is 2.18. The van der Waals surface area contributed by atoms with Crippen LogP contribution < -0.4 is 14.8 Å². The molecule has 0 spiro atoms. The second-order valence-electron chi connectivity index (χ2n) is 5.54. The molecule has 0 bridgehead atoms. The van der Waals surface area contributed by atoms with E-state index in [1.165, 1.54) is 36.4 Å². The first kappa shape index (κ1) is 21.3. The number of sulfonamides is 1. The van der Waals surface area contributed by atoms with E-state index >= 15 is 0 Å². The number of nitriles is 1. The van der Waals surface area contributed by atoms with Crippen LogP contribution in [0.5, 0.6) is 5.75 Å². The molecule has 0 radical (unpaired) electrons. The Labute approximate surface area is 161 Å². The predicted octanol–water partition coefficient (Wildman–Crippen LogP) is 2.41. The molecule has 0 aromatic heterocycles. The molecule has 0 unspecified atom stereocenters. The lowest BCUT2D eigenvalue weighted by atomic mass is 10.2. The summed E-state index contributed by atoms with van der Waals surface area (Å²) in [6.07, 6.45) is 0.0506.